The SMILES string of the molecule is CCOC1CCCCC1(OCOC(C)=O)OC(C)=O. The first-order valence-corrected chi connectivity index (χ1v) is 6.58. The normalized spacial score (nSPS) is 26.8. The Morgan fingerprint density at radius 1 is 1.21 bits per heavy atom. The van der Waals surface area contributed by atoms with Crippen molar-refractivity contribution in [1.82, 2.24) is 0 Å². The lowest BCUT2D eigenvalue weighted by Gasteiger charge is -2.41. The largest absolute Gasteiger partial charge is 0.438 e. The molecule has 6 heteroatoms. The van der Waals surface area contributed by atoms with Gasteiger partial charge in [-0.05, 0) is 19.8 Å². The molecule has 6 nitrogen and oxygen atoms in total. The number of hydrogen-bond donors (Lipinski definition) is 0. The first kappa shape index (κ1) is 15.9. The van der Waals surface area contributed by atoms with E-state index < -0.39 is 17.7 Å². The van der Waals surface area contributed by atoms with E-state index in [2.05, 4.69) is 0 Å². The van der Waals surface area contributed by atoms with E-state index in [0.29, 0.717) is 13.0 Å². The monoisotopic (exact) mass is 274 g/mol. The van der Waals surface area contributed by atoms with Gasteiger partial charge in [-0.1, -0.05) is 6.42 Å². The first-order valence-electron chi connectivity index (χ1n) is 6.58. The molecule has 1 aliphatic rings. The molecule has 1 aliphatic carbocycles. The second kappa shape index (κ2) is 7.45. The van der Waals surface area contributed by atoms with Gasteiger partial charge >= 0.3 is 11.9 Å². The Balaban J connectivity index is 2.75. The summed E-state index contributed by atoms with van der Waals surface area (Å²) in [6.45, 7) is 4.76. The minimum Gasteiger partial charge on any atom is -0.438 e. The van der Waals surface area contributed by atoms with Crippen molar-refractivity contribution in [2.45, 2.75) is 58.3 Å². The second-order valence-electron chi connectivity index (χ2n) is 4.49. The van der Waals surface area contributed by atoms with E-state index in [1.54, 1.807) is 0 Å². The van der Waals surface area contributed by atoms with Crippen LogP contribution >= 0.6 is 0 Å². The van der Waals surface area contributed by atoms with Crippen LogP contribution in [-0.2, 0) is 28.5 Å². The van der Waals surface area contributed by atoms with Crippen LogP contribution in [0.4, 0.5) is 0 Å². The van der Waals surface area contributed by atoms with Gasteiger partial charge in [0.05, 0.1) is 0 Å². The molecule has 0 spiro atoms. The molecule has 0 aromatic heterocycles. The zero-order chi connectivity index (χ0) is 14.3. The molecule has 0 aromatic carbocycles. The van der Waals surface area contributed by atoms with Gasteiger partial charge in [-0.2, -0.15) is 0 Å². The molecule has 0 amide bonds. The molecule has 1 fully saturated rings. The van der Waals surface area contributed by atoms with Gasteiger partial charge < -0.3 is 18.9 Å². The molecule has 0 radical (unpaired) electrons. The molecule has 0 bridgehead atoms. The molecular weight excluding hydrogens is 252 g/mol. The molecule has 2 unspecified atom stereocenters. The summed E-state index contributed by atoms with van der Waals surface area (Å²) in [7, 11) is 0. The fourth-order valence-electron chi connectivity index (χ4n) is 2.26. The van der Waals surface area contributed by atoms with E-state index in [4.69, 9.17) is 18.9 Å². The van der Waals surface area contributed by atoms with E-state index in [9.17, 15) is 9.59 Å². The van der Waals surface area contributed by atoms with Crippen molar-refractivity contribution in [3.63, 3.8) is 0 Å². The highest BCUT2D eigenvalue weighted by Gasteiger charge is 2.46. The first-order chi connectivity index (χ1) is 9.00. The minimum absolute atomic E-state index is 0.244. The van der Waals surface area contributed by atoms with Crippen LogP contribution in [0.25, 0.3) is 0 Å². The van der Waals surface area contributed by atoms with Gasteiger partial charge in [0.15, 0.2) is 6.79 Å². The zero-order valence-corrected chi connectivity index (χ0v) is 11.8. The number of rotatable bonds is 6. The van der Waals surface area contributed by atoms with Crippen molar-refractivity contribution in [3.05, 3.63) is 0 Å². The molecule has 0 aliphatic heterocycles. The predicted octanol–water partition coefficient (Wildman–Crippen LogP) is 1.76. The van der Waals surface area contributed by atoms with E-state index in [1.807, 2.05) is 6.92 Å². The number of ether oxygens (including phenoxy) is 4. The number of esters is 2. The summed E-state index contributed by atoms with van der Waals surface area (Å²) in [5.74, 6) is -2.02. The number of carbonyl (C=O) groups excluding carboxylic acids is 2. The quantitative estimate of drug-likeness (QED) is 0.543. The maximum absolute atomic E-state index is 11.3. The fraction of sp³-hybridized carbons (Fsp3) is 0.846. The molecule has 0 heterocycles. The molecule has 110 valence electrons. The second-order valence-corrected chi connectivity index (χ2v) is 4.49. The van der Waals surface area contributed by atoms with Gasteiger partial charge in [0.2, 0.25) is 5.79 Å². The summed E-state index contributed by atoms with van der Waals surface area (Å²) >= 11 is 0. The third-order valence-electron chi connectivity index (χ3n) is 2.98. The average molecular weight is 274 g/mol. The number of hydrogen-bond acceptors (Lipinski definition) is 6. The average Bonchev–Trinajstić information content (AvgIpc) is 2.31. The lowest BCUT2D eigenvalue weighted by atomic mass is 9.91. The van der Waals surface area contributed by atoms with Crippen LogP contribution in [0.1, 0.15) is 46.5 Å². The van der Waals surface area contributed by atoms with Crippen molar-refractivity contribution in [3.8, 4) is 0 Å². The van der Waals surface area contributed by atoms with Gasteiger partial charge in [0.1, 0.15) is 6.10 Å². The van der Waals surface area contributed by atoms with Crippen molar-refractivity contribution < 1.29 is 28.5 Å². The summed E-state index contributed by atoms with van der Waals surface area (Å²) in [6.07, 6.45) is 2.83. The van der Waals surface area contributed by atoms with Gasteiger partial charge in [-0.3, -0.25) is 9.59 Å². The van der Waals surface area contributed by atoms with Gasteiger partial charge in [0, 0.05) is 26.9 Å². The third-order valence-corrected chi connectivity index (χ3v) is 2.98. The van der Waals surface area contributed by atoms with Crippen molar-refractivity contribution in [2.24, 2.45) is 0 Å². The highest BCUT2D eigenvalue weighted by molar-refractivity contribution is 5.66. The number of carbonyl (C=O) groups is 2. The molecule has 2 atom stereocenters. The smallest absolute Gasteiger partial charge is 0.305 e. The highest BCUT2D eigenvalue weighted by atomic mass is 16.8. The standard InChI is InChI=1S/C13H22O6/c1-4-16-12-7-5-6-8-13(12,19-11(3)15)18-9-17-10(2)14/h12H,4-9H2,1-3H3. The van der Waals surface area contributed by atoms with Crippen LogP contribution in [-0.4, -0.2) is 37.2 Å². The Kier molecular flexibility index (Phi) is 6.24. The van der Waals surface area contributed by atoms with Crippen LogP contribution < -0.4 is 0 Å². The van der Waals surface area contributed by atoms with E-state index in [1.165, 1.54) is 13.8 Å². The summed E-state index contributed by atoms with van der Waals surface area (Å²) < 4.78 is 21.3. The summed E-state index contributed by atoms with van der Waals surface area (Å²) in [5, 5.41) is 0. The molecule has 1 rings (SSSR count). The molecule has 0 saturated heterocycles. The Labute approximate surface area is 113 Å². The molecule has 1 saturated carbocycles. The van der Waals surface area contributed by atoms with E-state index in [-0.39, 0.29) is 12.9 Å². The van der Waals surface area contributed by atoms with Crippen LogP contribution in [0.3, 0.4) is 0 Å². The molecule has 0 N–H and O–H groups in total. The van der Waals surface area contributed by atoms with Crippen LogP contribution in [0.15, 0.2) is 0 Å². The van der Waals surface area contributed by atoms with Crippen LogP contribution in [0.5, 0.6) is 0 Å². The Hall–Kier alpha value is -1.14. The lowest BCUT2D eigenvalue weighted by molar-refractivity contribution is -0.308. The summed E-state index contributed by atoms with van der Waals surface area (Å²) in [5.41, 5.74) is 0. The molecule has 19 heavy (non-hydrogen) atoms. The van der Waals surface area contributed by atoms with Crippen LogP contribution in [0, 0.1) is 0 Å². The van der Waals surface area contributed by atoms with Crippen molar-refractivity contribution >= 4 is 11.9 Å². The Bertz CT molecular complexity index is 314. The molecular formula is C13H22O6. The third kappa shape index (κ3) is 4.80. The molecule has 0 aromatic rings. The summed E-state index contributed by atoms with van der Waals surface area (Å²) in [6, 6.07) is 0. The topological polar surface area (TPSA) is 71.1 Å². The fourth-order valence-corrected chi connectivity index (χ4v) is 2.26. The zero-order valence-electron chi connectivity index (χ0n) is 11.8. The maximum Gasteiger partial charge on any atom is 0.305 e. The lowest BCUT2D eigenvalue weighted by Crippen LogP contribution is -2.52. The Morgan fingerprint density at radius 3 is 2.53 bits per heavy atom. The minimum atomic E-state index is -1.14. The van der Waals surface area contributed by atoms with Gasteiger partial charge in [0.25, 0.3) is 0 Å². The predicted molar refractivity (Wildman–Crippen MR) is 66.1 cm³/mol. The van der Waals surface area contributed by atoms with Crippen LogP contribution in [0.2, 0.25) is 0 Å². The Morgan fingerprint density at radius 2 is 1.95 bits per heavy atom. The van der Waals surface area contributed by atoms with Gasteiger partial charge in [-0.15, -0.1) is 0 Å². The van der Waals surface area contributed by atoms with Crippen molar-refractivity contribution in [2.75, 3.05) is 13.4 Å². The van der Waals surface area contributed by atoms with E-state index >= 15 is 0 Å². The maximum atomic E-state index is 11.3. The highest BCUT2D eigenvalue weighted by Crippen LogP contribution is 2.35. The van der Waals surface area contributed by atoms with Crippen molar-refractivity contribution in [1.29, 1.82) is 0 Å². The summed E-state index contributed by atoms with van der Waals surface area (Å²) in [4.78, 5) is 22.1. The van der Waals surface area contributed by atoms with E-state index in [0.717, 1.165) is 19.3 Å². The van der Waals surface area contributed by atoms with Gasteiger partial charge in [-0.25, -0.2) is 0 Å².